The SMILES string of the molecule is CCN1CCN(S(=O)(=O)c2cccc(NC(=O)/C=C/c3c(C)nn(-c4ccccc4)c3C)c2)CC1. The molecule has 1 N–H and O–H groups in total. The third-order valence-electron chi connectivity index (χ3n) is 6.27. The first-order chi connectivity index (χ1) is 16.8. The van der Waals surface area contributed by atoms with Gasteiger partial charge in [0.2, 0.25) is 15.9 Å². The zero-order valence-corrected chi connectivity index (χ0v) is 21.1. The van der Waals surface area contributed by atoms with Gasteiger partial charge in [0.05, 0.1) is 16.3 Å². The van der Waals surface area contributed by atoms with Gasteiger partial charge < -0.3 is 10.2 Å². The fourth-order valence-corrected chi connectivity index (χ4v) is 5.70. The average Bonchev–Trinajstić information content (AvgIpc) is 3.16. The molecule has 0 atom stereocenters. The first kappa shape index (κ1) is 24.8. The number of aromatic nitrogens is 2. The number of anilines is 1. The van der Waals surface area contributed by atoms with Crippen LogP contribution in [0.4, 0.5) is 5.69 Å². The molecule has 1 aliphatic rings. The first-order valence-corrected chi connectivity index (χ1v) is 13.2. The zero-order valence-electron chi connectivity index (χ0n) is 20.3. The lowest BCUT2D eigenvalue weighted by molar-refractivity contribution is -0.111. The van der Waals surface area contributed by atoms with E-state index in [1.807, 2.05) is 48.9 Å². The maximum atomic E-state index is 13.1. The molecule has 2 aromatic carbocycles. The Labute approximate surface area is 206 Å². The van der Waals surface area contributed by atoms with Gasteiger partial charge in [-0.25, -0.2) is 13.1 Å². The van der Waals surface area contributed by atoms with E-state index in [1.165, 1.54) is 16.4 Å². The molecule has 1 amide bonds. The Bertz CT molecular complexity index is 1320. The lowest BCUT2D eigenvalue weighted by Gasteiger charge is -2.33. The van der Waals surface area contributed by atoms with Crippen molar-refractivity contribution in [2.24, 2.45) is 0 Å². The number of sulfonamides is 1. The summed E-state index contributed by atoms with van der Waals surface area (Å²) in [5.41, 5.74) is 3.99. The molecular formula is C26H31N5O3S. The average molecular weight is 494 g/mol. The largest absolute Gasteiger partial charge is 0.322 e. The van der Waals surface area contributed by atoms with Crippen molar-refractivity contribution in [1.29, 1.82) is 0 Å². The van der Waals surface area contributed by atoms with Gasteiger partial charge in [0, 0.05) is 49.2 Å². The van der Waals surface area contributed by atoms with Gasteiger partial charge in [-0.05, 0) is 56.8 Å². The quantitative estimate of drug-likeness (QED) is 0.510. The summed E-state index contributed by atoms with van der Waals surface area (Å²) in [6.45, 7) is 9.21. The predicted octanol–water partition coefficient (Wildman–Crippen LogP) is 3.47. The minimum Gasteiger partial charge on any atom is -0.322 e. The monoisotopic (exact) mass is 493 g/mol. The Hall–Kier alpha value is -3.27. The maximum absolute atomic E-state index is 13.1. The van der Waals surface area contributed by atoms with Crippen LogP contribution in [0.15, 0.2) is 65.6 Å². The molecular weight excluding hydrogens is 462 g/mol. The van der Waals surface area contributed by atoms with E-state index in [1.54, 1.807) is 24.3 Å². The number of benzene rings is 2. The maximum Gasteiger partial charge on any atom is 0.248 e. The lowest BCUT2D eigenvalue weighted by Crippen LogP contribution is -2.48. The number of hydrogen-bond acceptors (Lipinski definition) is 5. The number of hydrogen-bond donors (Lipinski definition) is 1. The number of nitrogens with zero attached hydrogens (tertiary/aromatic N) is 4. The van der Waals surface area contributed by atoms with Crippen molar-refractivity contribution < 1.29 is 13.2 Å². The van der Waals surface area contributed by atoms with Gasteiger partial charge in [0.15, 0.2) is 0 Å². The van der Waals surface area contributed by atoms with Crippen molar-refractivity contribution in [1.82, 2.24) is 19.0 Å². The highest BCUT2D eigenvalue weighted by Gasteiger charge is 2.28. The van der Waals surface area contributed by atoms with Crippen LogP contribution < -0.4 is 5.32 Å². The Balaban J connectivity index is 1.46. The van der Waals surface area contributed by atoms with E-state index in [2.05, 4.69) is 22.2 Å². The molecule has 2 heterocycles. The zero-order chi connectivity index (χ0) is 25.0. The molecule has 0 saturated carbocycles. The Morgan fingerprint density at radius 3 is 2.43 bits per heavy atom. The molecule has 1 aliphatic heterocycles. The number of aryl methyl sites for hydroxylation is 1. The highest BCUT2D eigenvalue weighted by Crippen LogP contribution is 2.22. The molecule has 35 heavy (non-hydrogen) atoms. The molecule has 3 aromatic rings. The van der Waals surface area contributed by atoms with E-state index in [4.69, 9.17) is 0 Å². The van der Waals surface area contributed by atoms with E-state index in [-0.39, 0.29) is 10.8 Å². The Morgan fingerprint density at radius 2 is 1.74 bits per heavy atom. The van der Waals surface area contributed by atoms with Crippen LogP contribution in [0.5, 0.6) is 0 Å². The van der Waals surface area contributed by atoms with Crippen molar-refractivity contribution in [3.05, 3.63) is 77.6 Å². The summed E-state index contributed by atoms with van der Waals surface area (Å²) >= 11 is 0. The van der Waals surface area contributed by atoms with E-state index in [0.717, 1.165) is 42.3 Å². The van der Waals surface area contributed by atoms with Crippen LogP contribution in [-0.2, 0) is 14.8 Å². The van der Waals surface area contributed by atoms with Crippen molar-refractivity contribution in [3.63, 3.8) is 0 Å². The second-order valence-corrected chi connectivity index (χ2v) is 10.5. The summed E-state index contributed by atoms with van der Waals surface area (Å²) in [5, 5.41) is 7.37. The van der Waals surface area contributed by atoms with Gasteiger partial charge in [-0.15, -0.1) is 0 Å². The highest BCUT2D eigenvalue weighted by molar-refractivity contribution is 7.89. The van der Waals surface area contributed by atoms with Gasteiger partial charge in [-0.1, -0.05) is 31.2 Å². The van der Waals surface area contributed by atoms with E-state index >= 15 is 0 Å². The lowest BCUT2D eigenvalue weighted by atomic mass is 10.2. The molecule has 0 bridgehead atoms. The van der Waals surface area contributed by atoms with Crippen LogP contribution in [0.25, 0.3) is 11.8 Å². The minimum absolute atomic E-state index is 0.181. The second-order valence-electron chi connectivity index (χ2n) is 8.52. The topological polar surface area (TPSA) is 87.5 Å². The first-order valence-electron chi connectivity index (χ1n) is 11.7. The number of carbonyl (C=O) groups excluding carboxylic acids is 1. The van der Waals surface area contributed by atoms with Crippen molar-refractivity contribution in [2.45, 2.75) is 25.7 Å². The molecule has 1 saturated heterocycles. The number of likely N-dealkylation sites (N-methyl/N-ethyl adjacent to an activating group) is 1. The molecule has 0 radical (unpaired) electrons. The molecule has 0 spiro atoms. The number of amides is 1. The smallest absolute Gasteiger partial charge is 0.248 e. The number of nitrogens with one attached hydrogen (secondary N) is 1. The van der Waals surface area contributed by atoms with Gasteiger partial charge in [-0.2, -0.15) is 9.40 Å². The van der Waals surface area contributed by atoms with Gasteiger partial charge >= 0.3 is 0 Å². The highest BCUT2D eigenvalue weighted by atomic mass is 32.2. The van der Waals surface area contributed by atoms with Crippen molar-refractivity contribution in [2.75, 3.05) is 38.0 Å². The summed E-state index contributed by atoms with van der Waals surface area (Å²) in [7, 11) is -3.62. The Kier molecular flexibility index (Phi) is 7.49. The fourth-order valence-electron chi connectivity index (χ4n) is 4.23. The Morgan fingerprint density at radius 1 is 1.03 bits per heavy atom. The van der Waals surface area contributed by atoms with Gasteiger partial charge in [0.25, 0.3) is 0 Å². The standard InChI is InChI=1S/C26H31N5O3S/c1-4-29-15-17-30(18-16-29)35(33,34)24-12-8-9-22(19-24)27-26(32)14-13-25-20(2)28-31(21(25)3)23-10-6-5-7-11-23/h5-14,19H,4,15-18H2,1-3H3,(H,27,32)/b14-13+. The predicted molar refractivity (Wildman–Crippen MR) is 138 cm³/mol. The van der Waals surface area contributed by atoms with Crippen molar-refractivity contribution in [3.8, 4) is 5.69 Å². The van der Waals surface area contributed by atoms with Crippen LogP contribution in [0.2, 0.25) is 0 Å². The molecule has 8 nitrogen and oxygen atoms in total. The van der Waals surface area contributed by atoms with Crippen LogP contribution in [0.3, 0.4) is 0 Å². The normalized spacial score (nSPS) is 15.5. The number of rotatable bonds is 7. The summed E-state index contributed by atoms with van der Waals surface area (Å²) in [6.07, 6.45) is 3.18. The molecule has 4 rings (SSSR count). The summed E-state index contributed by atoms with van der Waals surface area (Å²) in [4.78, 5) is 15.0. The fraction of sp³-hybridized carbons (Fsp3) is 0.308. The van der Waals surface area contributed by atoms with E-state index in [9.17, 15) is 13.2 Å². The number of carbonyl (C=O) groups is 1. The van der Waals surface area contributed by atoms with Gasteiger partial charge in [-0.3, -0.25) is 4.79 Å². The molecule has 1 fully saturated rings. The van der Waals surface area contributed by atoms with Crippen molar-refractivity contribution >= 4 is 27.7 Å². The summed E-state index contributed by atoms with van der Waals surface area (Å²) in [5.74, 6) is -0.345. The molecule has 184 valence electrons. The van der Waals surface area contributed by atoms with Gasteiger partial charge in [0.1, 0.15) is 0 Å². The van der Waals surface area contributed by atoms with Crippen LogP contribution >= 0.6 is 0 Å². The van der Waals surface area contributed by atoms with E-state index in [0.29, 0.717) is 18.8 Å². The summed E-state index contributed by atoms with van der Waals surface area (Å²) < 4.78 is 29.6. The van der Waals surface area contributed by atoms with Crippen LogP contribution in [-0.4, -0.2) is 66.0 Å². The van der Waals surface area contributed by atoms with Crippen LogP contribution in [0, 0.1) is 13.8 Å². The minimum atomic E-state index is -3.62. The molecule has 1 aromatic heterocycles. The third kappa shape index (κ3) is 5.53. The summed E-state index contributed by atoms with van der Waals surface area (Å²) in [6, 6.07) is 16.2. The molecule has 9 heteroatoms. The van der Waals surface area contributed by atoms with E-state index < -0.39 is 10.0 Å². The number of piperazine rings is 1. The van der Waals surface area contributed by atoms with Crippen LogP contribution in [0.1, 0.15) is 23.9 Å². The molecule has 0 unspecified atom stereocenters. The molecule has 0 aliphatic carbocycles. The number of para-hydroxylation sites is 1. The third-order valence-corrected chi connectivity index (χ3v) is 8.16. The second kappa shape index (κ2) is 10.6.